The second-order valence-corrected chi connectivity index (χ2v) is 6.67. The zero-order valence-electron chi connectivity index (χ0n) is 13.3. The summed E-state index contributed by atoms with van der Waals surface area (Å²) in [5, 5.41) is 8.25. The van der Waals surface area contributed by atoms with Gasteiger partial charge in [-0.05, 0) is 30.7 Å². The maximum atomic E-state index is 12.6. The Bertz CT molecular complexity index is 923. The molecule has 3 aromatic rings. The second kappa shape index (κ2) is 7.48. The SMILES string of the molecule is Cc1nn(Cc2ccccc2)c(Cl)c1C(=O)Nc1ccc(Cl)cc1Cl. The van der Waals surface area contributed by atoms with E-state index in [0.29, 0.717) is 33.5 Å². The summed E-state index contributed by atoms with van der Waals surface area (Å²) >= 11 is 18.4. The van der Waals surface area contributed by atoms with Crippen LogP contribution in [-0.4, -0.2) is 15.7 Å². The molecule has 128 valence electrons. The first kappa shape index (κ1) is 17.8. The number of rotatable bonds is 4. The largest absolute Gasteiger partial charge is 0.320 e. The zero-order chi connectivity index (χ0) is 18.0. The van der Waals surface area contributed by atoms with E-state index in [-0.39, 0.29) is 11.1 Å². The number of carbonyl (C=O) groups is 1. The Morgan fingerprint density at radius 1 is 1.12 bits per heavy atom. The van der Waals surface area contributed by atoms with Gasteiger partial charge in [0.15, 0.2) is 0 Å². The quantitative estimate of drug-likeness (QED) is 0.639. The first-order chi connectivity index (χ1) is 12.0. The van der Waals surface area contributed by atoms with E-state index in [1.165, 1.54) is 0 Å². The van der Waals surface area contributed by atoms with E-state index >= 15 is 0 Å². The van der Waals surface area contributed by atoms with Crippen LogP contribution in [0.4, 0.5) is 5.69 Å². The molecule has 3 rings (SSSR count). The Morgan fingerprint density at radius 2 is 1.84 bits per heavy atom. The van der Waals surface area contributed by atoms with Gasteiger partial charge in [0.2, 0.25) is 0 Å². The third-order valence-corrected chi connectivity index (χ3v) is 4.58. The lowest BCUT2D eigenvalue weighted by atomic mass is 10.2. The van der Waals surface area contributed by atoms with E-state index in [0.717, 1.165) is 5.56 Å². The van der Waals surface area contributed by atoms with Gasteiger partial charge in [-0.1, -0.05) is 65.1 Å². The second-order valence-electron chi connectivity index (χ2n) is 5.47. The average Bonchev–Trinajstić information content (AvgIpc) is 2.85. The normalized spacial score (nSPS) is 10.7. The molecule has 7 heteroatoms. The Hall–Kier alpha value is -2.01. The van der Waals surface area contributed by atoms with Crippen molar-refractivity contribution >= 4 is 46.4 Å². The minimum Gasteiger partial charge on any atom is -0.320 e. The molecule has 0 spiro atoms. The number of hydrogen-bond donors (Lipinski definition) is 1. The van der Waals surface area contributed by atoms with Crippen LogP contribution in [0.1, 0.15) is 21.6 Å². The molecule has 1 amide bonds. The summed E-state index contributed by atoms with van der Waals surface area (Å²) in [6.45, 7) is 2.22. The minimum absolute atomic E-state index is 0.281. The number of nitrogens with one attached hydrogen (secondary N) is 1. The Balaban J connectivity index is 1.85. The monoisotopic (exact) mass is 393 g/mol. The van der Waals surface area contributed by atoms with E-state index in [1.54, 1.807) is 29.8 Å². The molecule has 0 atom stereocenters. The molecular formula is C18H14Cl3N3O. The Kier molecular flexibility index (Phi) is 5.33. The van der Waals surface area contributed by atoms with E-state index in [1.807, 2.05) is 30.3 Å². The fourth-order valence-electron chi connectivity index (χ4n) is 2.45. The standard InChI is InChI=1S/C18H14Cl3N3O/c1-11-16(18(25)22-15-8-7-13(19)9-14(15)20)17(21)24(23-11)10-12-5-3-2-4-6-12/h2-9H,10H2,1H3,(H,22,25). The fourth-order valence-corrected chi connectivity index (χ4v) is 3.22. The average molecular weight is 395 g/mol. The van der Waals surface area contributed by atoms with Crippen LogP contribution in [0.3, 0.4) is 0 Å². The van der Waals surface area contributed by atoms with E-state index in [9.17, 15) is 4.79 Å². The molecule has 0 saturated carbocycles. The number of anilines is 1. The van der Waals surface area contributed by atoms with Crippen LogP contribution in [-0.2, 0) is 6.54 Å². The zero-order valence-corrected chi connectivity index (χ0v) is 15.5. The summed E-state index contributed by atoms with van der Waals surface area (Å²) in [7, 11) is 0. The number of nitrogens with zero attached hydrogens (tertiary/aromatic N) is 2. The molecule has 1 N–H and O–H groups in total. The van der Waals surface area contributed by atoms with Gasteiger partial charge in [0.05, 0.1) is 28.5 Å². The molecule has 0 aliphatic heterocycles. The summed E-state index contributed by atoms with van der Waals surface area (Å²) in [4.78, 5) is 12.6. The van der Waals surface area contributed by atoms with Crippen LogP contribution in [0.5, 0.6) is 0 Å². The number of hydrogen-bond acceptors (Lipinski definition) is 2. The van der Waals surface area contributed by atoms with Crippen LogP contribution in [0, 0.1) is 6.92 Å². The van der Waals surface area contributed by atoms with Gasteiger partial charge in [-0.2, -0.15) is 5.10 Å². The van der Waals surface area contributed by atoms with Crippen molar-refractivity contribution in [1.29, 1.82) is 0 Å². The van der Waals surface area contributed by atoms with E-state index in [2.05, 4.69) is 10.4 Å². The maximum Gasteiger partial charge on any atom is 0.260 e. The molecule has 0 unspecified atom stereocenters. The van der Waals surface area contributed by atoms with Gasteiger partial charge in [0, 0.05) is 5.02 Å². The third-order valence-electron chi connectivity index (χ3n) is 3.65. The lowest BCUT2D eigenvalue weighted by Gasteiger charge is -2.08. The molecule has 0 fully saturated rings. The smallest absolute Gasteiger partial charge is 0.260 e. The Morgan fingerprint density at radius 3 is 2.52 bits per heavy atom. The highest BCUT2D eigenvalue weighted by atomic mass is 35.5. The van der Waals surface area contributed by atoms with Crippen molar-refractivity contribution in [3.63, 3.8) is 0 Å². The van der Waals surface area contributed by atoms with E-state index in [4.69, 9.17) is 34.8 Å². The van der Waals surface area contributed by atoms with Crippen molar-refractivity contribution in [3.05, 3.63) is 80.6 Å². The van der Waals surface area contributed by atoms with Crippen molar-refractivity contribution in [2.45, 2.75) is 13.5 Å². The lowest BCUT2D eigenvalue weighted by molar-refractivity contribution is 0.102. The number of carbonyl (C=O) groups excluding carboxylic acids is 1. The summed E-state index contributed by atoms with van der Waals surface area (Å²) in [5.41, 5.74) is 2.37. The molecule has 0 radical (unpaired) electrons. The van der Waals surface area contributed by atoms with Crippen LogP contribution in [0.2, 0.25) is 15.2 Å². The predicted octanol–water partition coefficient (Wildman–Crippen LogP) is 5.45. The van der Waals surface area contributed by atoms with Crippen LogP contribution >= 0.6 is 34.8 Å². The number of benzene rings is 2. The third kappa shape index (κ3) is 3.98. The van der Waals surface area contributed by atoms with Gasteiger partial charge in [0.1, 0.15) is 5.15 Å². The van der Waals surface area contributed by atoms with Gasteiger partial charge < -0.3 is 5.32 Å². The minimum atomic E-state index is -0.369. The number of amides is 1. The van der Waals surface area contributed by atoms with Crippen LogP contribution in [0.25, 0.3) is 0 Å². The number of halogens is 3. The first-order valence-corrected chi connectivity index (χ1v) is 8.62. The van der Waals surface area contributed by atoms with Crippen molar-refractivity contribution in [3.8, 4) is 0 Å². The highest BCUT2D eigenvalue weighted by Gasteiger charge is 2.21. The Labute approximate surface area is 160 Å². The lowest BCUT2D eigenvalue weighted by Crippen LogP contribution is -2.13. The summed E-state index contributed by atoms with van der Waals surface area (Å²) < 4.78 is 1.60. The summed E-state index contributed by atoms with van der Waals surface area (Å²) in [6, 6.07) is 14.6. The molecule has 4 nitrogen and oxygen atoms in total. The maximum absolute atomic E-state index is 12.6. The molecule has 0 bridgehead atoms. The van der Waals surface area contributed by atoms with Crippen molar-refractivity contribution in [2.24, 2.45) is 0 Å². The van der Waals surface area contributed by atoms with Gasteiger partial charge in [-0.25, -0.2) is 4.68 Å². The predicted molar refractivity (Wildman–Crippen MR) is 102 cm³/mol. The van der Waals surface area contributed by atoms with Crippen LogP contribution < -0.4 is 5.32 Å². The molecule has 2 aromatic carbocycles. The molecular weight excluding hydrogens is 381 g/mol. The number of aryl methyl sites for hydroxylation is 1. The van der Waals surface area contributed by atoms with Crippen molar-refractivity contribution in [1.82, 2.24) is 9.78 Å². The molecule has 25 heavy (non-hydrogen) atoms. The highest BCUT2D eigenvalue weighted by molar-refractivity contribution is 6.37. The van der Waals surface area contributed by atoms with Crippen molar-refractivity contribution < 1.29 is 4.79 Å². The van der Waals surface area contributed by atoms with Gasteiger partial charge in [0.25, 0.3) is 5.91 Å². The highest BCUT2D eigenvalue weighted by Crippen LogP contribution is 2.27. The summed E-state index contributed by atoms with van der Waals surface area (Å²) in [6.07, 6.45) is 0. The molecule has 0 aliphatic rings. The molecule has 1 heterocycles. The molecule has 1 aromatic heterocycles. The molecule has 0 saturated heterocycles. The first-order valence-electron chi connectivity index (χ1n) is 7.49. The number of aromatic nitrogens is 2. The van der Waals surface area contributed by atoms with Gasteiger partial charge >= 0.3 is 0 Å². The molecule has 0 aliphatic carbocycles. The van der Waals surface area contributed by atoms with Gasteiger partial charge in [-0.15, -0.1) is 0 Å². The van der Waals surface area contributed by atoms with Gasteiger partial charge in [-0.3, -0.25) is 4.79 Å². The topological polar surface area (TPSA) is 46.9 Å². The fraction of sp³-hybridized carbons (Fsp3) is 0.111. The summed E-state index contributed by atoms with van der Waals surface area (Å²) in [5.74, 6) is -0.369. The van der Waals surface area contributed by atoms with E-state index < -0.39 is 0 Å². The van der Waals surface area contributed by atoms with Crippen molar-refractivity contribution in [2.75, 3.05) is 5.32 Å². The van der Waals surface area contributed by atoms with Crippen LogP contribution in [0.15, 0.2) is 48.5 Å².